The molecule has 3 aromatic carbocycles. The summed E-state index contributed by atoms with van der Waals surface area (Å²) in [6, 6.07) is 22.0. The van der Waals surface area contributed by atoms with E-state index in [9.17, 15) is 9.18 Å². The topological polar surface area (TPSA) is 50.4 Å². The summed E-state index contributed by atoms with van der Waals surface area (Å²) in [5.41, 5.74) is 3.37. The van der Waals surface area contributed by atoms with E-state index in [0.29, 0.717) is 6.61 Å². The smallest absolute Gasteiger partial charge is 0.237 e. The normalized spacial score (nSPS) is 22.5. The number of nitrogens with one attached hydrogen (secondary N) is 2. The maximum Gasteiger partial charge on any atom is 0.237 e. The molecule has 0 saturated carbocycles. The van der Waals surface area contributed by atoms with Gasteiger partial charge in [-0.1, -0.05) is 42.5 Å². The minimum absolute atomic E-state index is 0.0605. The van der Waals surface area contributed by atoms with Gasteiger partial charge in [0.05, 0.1) is 11.5 Å². The predicted octanol–water partition coefficient (Wildman–Crippen LogP) is 4.33. The monoisotopic (exact) mass is 388 g/mol. The fraction of sp³-hybridized carbons (Fsp3) is 0.208. The molecule has 1 saturated heterocycles. The Morgan fingerprint density at radius 1 is 1.00 bits per heavy atom. The van der Waals surface area contributed by atoms with Crippen LogP contribution in [0.2, 0.25) is 0 Å². The summed E-state index contributed by atoms with van der Waals surface area (Å²) in [6.07, 6.45) is 0.767. The van der Waals surface area contributed by atoms with Gasteiger partial charge in [-0.05, 0) is 60.0 Å². The van der Waals surface area contributed by atoms with Crippen molar-refractivity contribution >= 4 is 11.6 Å². The lowest BCUT2D eigenvalue weighted by molar-refractivity contribution is -0.121. The molecular formula is C24H21FN2O2. The van der Waals surface area contributed by atoms with Gasteiger partial charge in [0.1, 0.15) is 18.2 Å². The van der Waals surface area contributed by atoms with E-state index in [-0.39, 0.29) is 17.8 Å². The Kier molecular flexibility index (Phi) is 4.32. The maximum absolute atomic E-state index is 13.0. The standard InChI is InChI=1S/C24H21FN2O2/c25-18-9-5-16(6-10-18)15-29-19-11-7-17(8-12-19)22-24(13-14-26-22)20-3-1-2-4-21(20)27-23(24)28/h1-12,22,26H,13-15H2,(H,27,28)/t22-,24+/m0/s1. The van der Waals surface area contributed by atoms with Crippen LogP contribution in [-0.4, -0.2) is 12.5 Å². The number of amides is 1. The summed E-state index contributed by atoms with van der Waals surface area (Å²) in [7, 11) is 0. The fourth-order valence-electron chi connectivity index (χ4n) is 4.51. The lowest BCUT2D eigenvalue weighted by atomic mass is 9.73. The Morgan fingerprint density at radius 3 is 2.55 bits per heavy atom. The third-order valence-electron chi connectivity index (χ3n) is 5.95. The highest BCUT2D eigenvalue weighted by molar-refractivity contribution is 6.07. The van der Waals surface area contributed by atoms with Crippen molar-refractivity contribution in [3.8, 4) is 5.75 Å². The fourth-order valence-corrected chi connectivity index (χ4v) is 4.51. The van der Waals surface area contributed by atoms with Gasteiger partial charge in [-0.3, -0.25) is 4.79 Å². The largest absolute Gasteiger partial charge is 0.489 e. The Morgan fingerprint density at radius 2 is 1.76 bits per heavy atom. The molecule has 0 aliphatic carbocycles. The van der Waals surface area contributed by atoms with Gasteiger partial charge in [0.2, 0.25) is 5.91 Å². The van der Waals surface area contributed by atoms with Gasteiger partial charge in [0, 0.05) is 5.69 Å². The van der Waals surface area contributed by atoms with Crippen molar-refractivity contribution in [2.24, 2.45) is 0 Å². The van der Waals surface area contributed by atoms with Gasteiger partial charge in [0.15, 0.2) is 0 Å². The van der Waals surface area contributed by atoms with E-state index in [1.165, 1.54) is 12.1 Å². The molecule has 0 aromatic heterocycles. The molecule has 2 atom stereocenters. The van der Waals surface area contributed by atoms with Gasteiger partial charge in [-0.2, -0.15) is 0 Å². The number of hydrogen-bond donors (Lipinski definition) is 2. The van der Waals surface area contributed by atoms with Crippen LogP contribution in [0.25, 0.3) is 0 Å². The first-order chi connectivity index (χ1) is 14.2. The van der Waals surface area contributed by atoms with Gasteiger partial charge in [0.25, 0.3) is 0 Å². The molecule has 1 spiro atoms. The summed E-state index contributed by atoms with van der Waals surface area (Å²) in [4.78, 5) is 13.0. The molecule has 5 rings (SSSR count). The number of fused-ring (bicyclic) bond motifs is 2. The van der Waals surface area contributed by atoms with Crippen molar-refractivity contribution in [3.05, 3.63) is 95.3 Å². The van der Waals surface area contributed by atoms with E-state index in [1.807, 2.05) is 48.5 Å². The third kappa shape index (κ3) is 2.98. The summed E-state index contributed by atoms with van der Waals surface area (Å²) in [5, 5.41) is 6.58. The molecule has 0 bridgehead atoms. The van der Waals surface area contributed by atoms with Gasteiger partial charge in [-0.25, -0.2) is 4.39 Å². The van der Waals surface area contributed by atoms with Crippen LogP contribution in [-0.2, 0) is 16.8 Å². The number of halogens is 1. The summed E-state index contributed by atoms with van der Waals surface area (Å²) in [6.45, 7) is 1.16. The van der Waals surface area contributed by atoms with Crippen LogP contribution < -0.4 is 15.4 Å². The van der Waals surface area contributed by atoms with Crippen LogP contribution >= 0.6 is 0 Å². The Hall–Kier alpha value is -3.18. The zero-order chi connectivity index (χ0) is 19.8. The van der Waals surface area contributed by atoms with E-state index in [4.69, 9.17) is 4.74 Å². The highest BCUT2D eigenvalue weighted by atomic mass is 19.1. The van der Waals surface area contributed by atoms with Crippen LogP contribution in [0.1, 0.15) is 29.2 Å². The highest BCUT2D eigenvalue weighted by Crippen LogP contribution is 2.50. The van der Waals surface area contributed by atoms with Gasteiger partial charge < -0.3 is 15.4 Å². The molecule has 2 N–H and O–H groups in total. The highest BCUT2D eigenvalue weighted by Gasteiger charge is 2.55. The van der Waals surface area contributed by atoms with Crippen molar-refractivity contribution in [3.63, 3.8) is 0 Å². The number of rotatable bonds is 4. The number of para-hydroxylation sites is 1. The summed E-state index contributed by atoms with van der Waals surface area (Å²) in [5.74, 6) is 0.542. The second-order valence-electron chi connectivity index (χ2n) is 7.59. The van der Waals surface area contributed by atoms with E-state index >= 15 is 0 Å². The molecule has 2 heterocycles. The predicted molar refractivity (Wildman–Crippen MR) is 109 cm³/mol. The van der Waals surface area contributed by atoms with Crippen molar-refractivity contribution < 1.29 is 13.9 Å². The van der Waals surface area contributed by atoms with Crippen molar-refractivity contribution in [1.29, 1.82) is 0 Å². The molecule has 0 radical (unpaired) electrons. The first kappa shape index (κ1) is 17.9. The number of benzene rings is 3. The van der Waals surface area contributed by atoms with E-state index < -0.39 is 5.41 Å². The molecular weight excluding hydrogens is 367 g/mol. The number of carbonyl (C=O) groups excluding carboxylic acids is 1. The van der Waals surface area contributed by atoms with Gasteiger partial charge in [-0.15, -0.1) is 0 Å². The van der Waals surface area contributed by atoms with Crippen LogP contribution in [0.3, 0.4) is 0 Å². The molecule has 5 heteroatoms. The zero-order valence-corrected chi connectivity index (χ0v) is 15.8. The minimum Gasteiger partial charge on any atom is -0.489 e. The number of ether oxygens (including phenoxy) is 1. The van der Waals surface area contributed by atoms with Crippen molar-refractivity contribution in [1.82, 2.24) is 5.32 Å². The molecule has 1 fully saturated rings. The van der Waals surface area contributed by atoms with Crippen LogP contribution in [0.15, 0.2) is 72.8 Å². The van der Waals surface area contributed by atoms with E-state index in [0.717, 1.165) is 41.1 Å². The van der Waals surface area contributed by atoms with E-state index in [2.05, 4.69) is 10.6 Å². The number of anilines is 1. The van der Waals surface area contributed by atoms with E-state index in [1.54, 1.807) is 12.1 Å². The second kappa shape index (κ2) is 7.01. The molecule has 29 heavy (non-hydrogen) atoms. The molecule has 3 aromatic rings. The lowest BCUT2D eigenvalue weighted by Crippen LogP contribution is -2.39. The first-order valence-corrected chi connectivity index (χ1v) is 9.78. The molecule has 2 aliphatic rings. The molecule has 0 unspecified atom stereocenters. The van der Waals surface area contributed by atoms with Crippen LogP contribution in [0, 0.1) is 5.82 Å². The molecule has 2 aliphatic heterocycles. The second-order valence-corrected chi connectivity index (χ2v) is 7.59. The Bertz CT molecular complexity index is 1050. The quantitative estimate of drug-likeness (QED) is 0.700. The number of carbonyl (C=O) groups is 1. The van der Waals surface area contributed by atoms with Crippen molar-refractivity contribution in [2.75, 3.05) is 11.9 Å². The zero-order valence-electron chi connectivity index (χ0n) is 15.8. The lowest BCUT2D eigenvalue weighted by Gasteiger charge is -2.29. The average Bonchev–Trinajstić information content (AvgIpc) is 3.31. The first-order valence-electron chi connectivity index (χ1n) is 9.78. The average molecular weight is 388 g/mol. The van der Waals surface area contributed by atoms with Gasteiger partial charge >= 0.3 is 0 Å². The minimum atomic E-state index is -0.576. The SMILES string of the molecule is O=C1Nc2ccccc2[C@@]12CCN[C@H]2c1ccc(OCc2ccc(F)cc2)cc1. The summed E-state index contributed by atoms with van der Waals surface area (Å²) < 4.78 is 18.8. The van der Waals surface area contributed by atoms with Crippen molar-refractivity contribution in [2.45, 2.75) is 24.5 Å². The Labute approximate surface area is 168 Å². The number of hydrogen-bond acceptors (Lipinski definition) is 3. The third-order valence-corrected chi connectivity index (χ3v) is 5.95. The maximum atomic E-state index is 13.0. The van der Waals surface area contributed by atoms with Crippen LogP contribution in [0.4, 0.5) is 10.1 Å². The molecule has 4 nitrogen and oxygen atoms in total. The Balaban J connectivity index is 1.37. The molecule has 1 amide bonds. The summed E-state index contributed by atoms with van der Waals surface area (Å²) >= 11 is 0. The molecule has 146 valence electrons. The van der Waals surface area contributed by atoms with Crippen LogP contribution in [0.5, 0.6) is 5.75 Å².